The molecule has 0 saturated carbocycles. The zero-order valence-corrected chi connectivity index (χ0v) is 12.2. The minimum Gasteiger partial charge on any atom is -0.375 e. The molecule has 1 fully saturated rings. The average Bonchev–Trinajstić information content (AvgIpc) is 2.75. The summed E-state index contributed by atoms with van der Waals surface area (Å²) in [5, 5.41) is 3.34. The molecule has 1 atom stereocenters. The molecular weight excluding hydrogens is 260 g/mol. The van der Waals surface area contributed by atoms with Gasteiger partial charge in [-0.2, -0.15) is 0 Å². The second-order valence-electron chi connectivity index (χ2n) is 5.16. The van der Waals surface area contributed by atoms with Crippen molar-refractivity contribution in [2.45, 2.75) is 18.9 Å². The van der Waals surface area contributed by atoms with Crippen LogP contribution in [0.3, 0.4) is 0 Å². The maximum absolute atomic E-state index is 11.3. The molecule has 1 saturated heterocycles. The van der Waals surface area contributed by atoms with Crippen molar-refractivity contribution >= 4 is 15.5 Å². The predicted octanol–water partition coefficient (Wildman–Crippen LogP) is 1.29. The first-order valence-electron chi connectivity index (χ1n) is 6.77. The Labute approximate surface area is 115 Å². The van der Waals surface area contributed by atoms with Crippen molar-refractivity contribution in [1.82, 2.24) is 5.32 Å². The van der Waals surface area contributed by atoms with E-state index in [0.717, 1.165) is 25.9 Å². The zero-order valence-electron chi connectivity index (χ0n) is 11.4. The zero-order chi connectivity index (χ0) is 13.7. The molecule has 1 unspecified atom stereocenters. The summed E-state index contributed by atoms with van der Waals surface area (Å²) < 4.78 is 22.6. The summed E-state index contributed by atoms with van der Waals surface area (Å²) in [5.41, 5.74) is 1.21. The van der Waals surface area contributed by atoms with Gasteiger partial charge in [-0.3, -0.25) is 0 Å². The highest BCUT2D eigenvalue weighted by Crippen LogP contribution is 2.12. The lowest BCUT2D eigenvalue weighted by Crippen LogP contribution is -2.32. The van der Waals surface area contributed by atoms with Gasteiger partial charge in [-0.1, -0.05) is 18.2 Å². The monoisotopic (exact) mass is 282 g/mol. The number of nitrogens with one attached hydrogen (secondary N) is 1. The van der Waals surface area contributed by atoms with Gasteiger partial charge in [-0.25, -0.2) is 8.42 Å². The van der Waals surface area contributed by atoms with E-state index in [2.05, 4.69) is 29.4 Å². The van der Waals surface area contributed by atoms with Crippen molar-refractivity contribution in [2.24, 2.45) is 0 Å². The van der Waals surface area contributed by atoms with Gasteiger partial charge in [-0.15, -0.1) is 0 Å². The van der Waals surface area contributed by atoms with Gasteiger partial charge in [0.05, 0.1) is 11.5 Å². The largest absolute Gasteiger partial charge is 0.375 e. The first-order chi connectivity index (χ1) is 9.07. The van der Waals surface area contributed by atoms with Crippen LogP contribution in [0.2, 0.25) is 0 Å². The molecule has 0 spiro atoms. The Morgan fingerprint density at radius 1 is 1.32 bits per heavy atom. The number of para-hydroxylation sites is 1. The summed E-state index contributed by atoms with van der Waals surface area (Å²) in [7, 11) is -0.686. The van der Waals surface area contributed by atoms with Crippen LogP contribution in [0.4, 0.5) is 5.69 Å². The Hall–Kier alpha value is -1.07. The standard InChI is InChI=1S/C14H22N2O2S/c1-16(14-6-3-2-4-7-14)10-5-9-15-13-8-11-19(17,18)12-13/h2-4,6-7,13,15H,5,8-12H2,1H3. The molecule has 1 aromatic rings. The van der Waals surface area contributed by atoms with Gasteiger partial charge in [0.25, 0.3) is 0 Å². The van der Waals surface area contributed by atoms with Crippen molar-refractivity contribution in [3.05, 3.63) is 30.3 Å². The maximum Gasteiger partial charge on any atom is 0.151 e. The lowest BCUT2D eigenvalue weighted by atomic mass is 10.2. The van der Waals surface area contributed by atoms with Crippen LogP contribution in [0.1, 0.15) is 12.8 Å². The van der Waals surface area contributed by atoms with E-state index in [4.69, 9.17) is 0 Å². The number of hydrogen-bond donors (Lipinski definition) is 1. The molecule has 1 aromatic carbocycles. The smallest absolute Gasteiger partial charge is 0.151 e. The molecule has 0 aliphatic carbocycles. The number of nitrogens with zero attached hydrogens (tertiary/aromatic N) is 1. The van der Waals surface area contributed by atoms with Crippen molar-refractivity contribution in [3.63, 3.8) is 0 Å². The number of rotatable bonds is 6. The van der Waals surface area contributed by atoms with Gasteiger partial charge in [0.1, 0.15) is 0 Å². The van der Waals surface area contributed by atoms with Crippen LogP contribution in [-0.2, 0) is 9.84 Å². The van der Waals surface area contributed by atoms with E-state index < -0.39 is 9.84 Å². The third-order valence-electron chi connectivity index (χ3n) is 3.53. The van der Waals surface area contributed by atoms with Crippen LogP contribution in [0, 0.1) is 0 Å². The summed E-state index contributed by atoms with van der Waals surface area (Å²) in [5.74, 6) is 0.649. The Morgan fingerprint density at radius 3 is 2.68 bits per heavy atom. The topological polar surface area (TPSA) is 49.4 Å². The van der Waals surface area contributed by atoms with Crippen LogP contribution in [0.25, 0.3) is 0 Å². The number of benzene rings is 1. The molecule has 0 aromatic heterocycles. The molecule has 0 amide bonds. The summed E-state index contributed by atoms with van der Waals surface area (Å²) >= 11 is 0. The molecular formula is C14H22N2O2S. The average molecular weight is 282 g/mol. The van der Waals surface area contributed by atoms with Crippen LogP contribution < -0.4 is 10.2 Å². The molecule has 0 radical (unpaired) electrons. The third kappa shape index (κ3) is 4.51. The number of hydrogen-bond acceptors (Lipinski definition) is 4. The molecule has 0 bridgehead atoms. The molecule has 5 heteroatoms. The molecule has 2 rings (SSSR count). The molecule has 106 valence electrons. The SMILES string of the molecule is CN(CCCNC1CCS(=O)(=O)C1)c1ccccc1. The van der Waals surface area contributed by atoms with Crippen LogP contribution >= 0.6 is 0 Å². The first-order valence-corrected chi connectivity index (χ1v) is 8.59. The number of anilines is 1. The van der Waals surface area contributed by atoms with E-state index >= 15 is 0 Å². The minimum atomic E-state index is -2.76. The quantitative estimate of drug-likeness (QED) is 0.799. The van der Waals surface area contributed by atoms with Gasteiger partial charge in [0, 0.05) is 25.3 Å². The van der Waals surface area contributed by atoms with Gasteiger partial charge in [0.2, 0.25) is 0 Å². The first kappa shape index (κ1) is 14.3. The molecule has 1 aliphatic rings. The van der Waals surface area contributed by atoms with Crippen molar-refractivity contribution in [3.8, 4) is 0 Å². The van der Waals surface area contributed by atoms with Crippen LogP contribution in [0.15, 0.2) is 30.3 Å². The van der Waals surface area contributed by atoms with E-state index in [1.165, 1.54) is 5.69 Å². The second kappa shape index (κ2) is 6.39. The lowest BCUT2D eigenvalue weighted by Gasteiger charge is -2.19. The third-order valence-corrected chi connectivity index (χ3v) is 5.30. The van der Waals surface area contributed by atoms with Crippen LogP contribution in [0.5, 0.6) is 0 Å². The summed E-state index contributed by atoms with van der Waals surface area (Å²) in [6.07, 6.45) is 1.78. The molecule has 1 aliphatic heterocycles. The predicted molar refractivity (Wildman–Crippen MR) is 79.4 cm³/mol. The van der Waals surface area contributed by atoms with Crippen molar-refractivity contribution in [2.75, 3.05) is 36.5 Å². The highest BCUT2D eigenvalue weighted by molar-refractivity contribution is 7.91. The highest BCUT2D eigenvalue weighted by Gasteiger charge is 2.26. The fourth-order valence-electron chi connectivity index (χ4n) is 2.39. The van der Waals surface area contributed by atoms with E-state index in [-0.39, 0.29) is 6.04 Å². The molecule has 1 heterocycles. The Morgan fingerprint density at radius 2 is 2.05 bits per heavy atom. The van der Waals surface area contributed by atoms with Crippen LogP contribution in [-0.4, -0.2) is 46.1 Å². The molecule has 1 N–H and O–H groups in total. The van der Waals surface area contributed by atoms with E-state index in [1.807, 2.05) is 18.2 Å². The Kier molecular flexibility index (Phi) is 4.82. The van der Waals surface area contributed by atoms with Gasteiger partial charge < -0.3 is 10.2 Å². The van der Waals surface area contributed by atoms with E-state index in [0.29, 0.717) is 11.5 Å². The fourth-order valence-corrected chi connectivity index (χ4v) is 4.10. The highest BCUT2D eigenvalue weighted by atomic mass is 32.2. The van der Waals surface area contributed by atoms with Gasteiger partial charge >= 0.3 is 0 Å². The number of sulfone groups is 1. The minimum absolute atomic E-state index is 0.159. The normalized spacial score (nSPS) is 21.4. The van der Waals surface area contributed by atoms with Crippen molar-refractivity contribution in [1.29, 1.82) is 0 Å². The second-order valence-corrected chi connectivity index (χ2v) is 7.39. The van der Waals surface area contributed by atoms with Crippen molar-refractivity contribution < 1.29 is 8.42 Å². The summed E-state index contributed by atoms with van der Waals surface area (Å²) in [4.78, 5) is 2.22. The Bertz CT molecular complexity index is 487. The van der Waals surface area contributed by atoms with E-state index in [1.54, 1.807) is 0 Å². The molecule has 19 heavy (non-hydrogen) atoms. The summed E-state index contributed by atoms with van der Waals surface area (Å²) in [6, 6.07) is 10.4. The molecule has 4 nitrogen and oxygen atoms in total. The van der Waals surface area contributed by atoms with Gasteiger partial charge in [0.15, 0.2) is 9.84 Å². The lowest BCUT2D eigenvalue weighted by molar-refractivity contribution is 0.542. The summed E-state index contributed by atoms with van der Waals surface area (Å²) in [6.45, 7) is 1.84. The van der Waals surface area contributed by atoms with Gasteiger partial charge in [-0.05, 0) is 31.5 Å². The Balaban J connectivity index is 1.65. The fraction of sp³-hybridized carbons (Fsp3) is 0.571. The maximum atomic E-state index is 11.3. The van der Waals surface area contributed by atoms with E-state index in [9.17, 15) is 8.42 Å².